The standard InChI is InChI=1S/C22H23FN4/c23-19-13-7-4-10-17(19)15-24-22-26-20(16-8-2-1-3-9-16)14-21(27-22)25-18-11-5-6-12-18/h1-4,7-10,13-14,18H,5-6,11-12,15H2,(H2,24,25,26,27). The maximum atomic E-state index is 13.9. The Morgan fingerprint density at radius 1 is 0.926 bits per heavy atom. The summed E-state index contributed by atoms with van der Waals surface area (Å²) in [5.74, 6) is 1.08. The van der Waals surface area contributed by atoms with E-state index in [0.29, 0.717) is 24.1 Å². The number of rotatable bonds is 6. The maximum absolute atomic E-state index is 13.9. The van der Waals surface area contributed by atoms with Crippen LogP contribution < -0.4 is 10.6 Å². The van der Waals surface area contributed by atoms with Crippen molar-refractivity contribution in [3.05, 3.63) is 72.0 Å². The lowest BCUT2D eigenvalue weighted by Crippen LogP contribution is -2.16. The smallest absolute Gasteiger partial charge is 0.225 e. The van der Waals surface area contributed by atoms with Crippen LogP contribution in [0.25, 0.3) is 11.3 Å². The molecule has 0 radical (unpaired) electrons. The lowest BCUT2D eigenvalue weighted by atomic mass is 10.1. The summed E-state index contributed by atoms with van der Waals surface area (Å²) >= 11 is 0. The van der Waals surface area contributed by atoms with Crippen LogP contribution in [-0.4, -0.2) is 16.0 Å². The average molecular weight is 362 g/mol. The number of nitrogens with zero attached hydrogens (tertiary/aromatic N) is 2. The normalized spacial score (nSPS) is 14.3. The second-order valence-corrected chi connectivity index (χ2v) is 6.90. The minimum Gasteiger partial charge on any atom is -0.367 e. The zero-order valence-electron chi connectivity index (χ0n) is 15.2. The number of benzene rings is 2. The van der Waals surface area contributed by atoms with Crippen molar-refractivity contribution in [2.24, 2.45) is 0 Å². The Kier molecular flexibility index (Phi) is 5.28. The first-order chi connectivity index (χ1) is 13.3. The molecule has 0 aliphatic heterocycles. The van der Waals surface area contributed by atoms with E-state index in [1.807, 2.05) is 42.5 Å². The van der Waals surface area contributed by atoms with Gasteiger partial charge in [0.1, 0.15) is 11.6 Å². The van der Waals surface area contributed by atoms with Gasteiger partial charge in [-0.05, 0) is 18.9 Å². The van der Waals surface area contributed by atoms with Crippen molar-refractivity contribution in [3.8, 4) is 11.3 Å². The van der Waals surface area contributed by atoms with Crippen LogP contribution in [0.3, 0.4) is 0 Å². The summed E-state index contributed by atoms with van der Waals surface area (Å²) in [7, 11) is 0. The molecule has 1 aliphatic rings. The van der Waals surface area contributed by atoms with E-state index in [1.165, 1.54) is 31.7 Å². The number of anilines is 2. The molecule has 0 spiro atoms. The van der Waals surface area contributed by atoms with Crippen molar-refractivity contribution < 1.29 is 4.39 Å². The zero-order chi connectivity index (χ0) is 18.5. The number of aromatic nitrogens is 2. The van der Waals surface area contributed by atoms with Gasteiger partial charge in [-0.3, -0.25) is 0 Å². The Bertz CT molecular complexity index is 892. The summed E-state index contributed by atoms with van der Waals surface area (Å²) in [6.45, 7) is 0.341. The molecule has 0 atom stereocenters. The van der Waals surface area contributed by atoms with E-state index in [2.05, 4.69) is 20.6 Å². The molecule has 1 saturated carbocycles. The van der Waals surface area contributed by atoms with Gasteiger partial charge >= 0.3 is 0 Å². The maximum Gasteiger partial charge on any atom is 0.225 e. The fourth-order valence-corrected chi connectivity index (χ4v) is 3.45. The molecule has 1 heterocycles. The van der Waals surface area contributed by atoms with Crippen LogP contribution in [0, 0.1) is 5.82 Å². The summed E-state index contributed by atoms with van der Waals surface area (Å²) < 4.78 is 13.9. The van der Waals surface area contributed by atoms with Gasteiger partial charge in [-0.15, -0.1) is 0 Å². The molecule has 1 fully saturated rings. The van der Waals surface area contributed by atoms with E-state index in [4.69, 9.17) is 0 Å². The lowest BCUT2D eigenvalue weighted by molar-refractivity contribution is 0.612. The summed E-state index contributed by atoms with van der Waals surface area (Å²) in [4.78, 5) is 9.25. The Labute approximate surface area is 158 Å². The van der Waals surface area contributed by atoms with Crippen LogP contribution in [0.15, 0.2) is 60.7 Å². The quantitative estimate of drug-likeness (QED) is 0.629. The molecule has 3 aromatic rings. The van der Waals surface area contributed by atoms with E-state index < -0.39 is 0 Å². The molecule has 4 rings (SSSR count). The zero-order valence-corrected chi connectivity index (χ0v) is 15.2. The van der Waals surface area contributed by atoms with E-state index in [0.717, 1.165) is 17.1 Å². The highest BCUT2D eigenvalue weighted by atomic mass is 19.1. The Hall–Kier alpha value is -2.95. The largest absolute Gasteiger partial charge is 0.367 e. The van der Waals surface area contributed by atoms with E-state index >= 15 is 0 Å². The van der Waals surface area contributed by atoms with Gasteiger partial charge in [-0.2, -0.15) is 4.98 Å². The Morgan fingerprint density at radius 2 is 1.67 bits per heavy atom. The third-order valence-corrected chi connectivity index (χ3v) is 4.90. The van der Waals surface area contributed by atoms with Crippen molar-refractivity contribution in [3.63, 3.8) is 0 Å². The first-order valence-electron chi connectivity index (χ1n) is 9.46. The molecule has 2 aromatic carbocycles. The van der Waals surface area contributed by atoms with Gasteiger partial charge in [0, 0.05) is 29.8 Å². The van der Waals surface area contributed by atoms with E-state index in [1.54, 1.807) is 12.1 Å². The number of hydrogen-bond acceptors (Lipinski definition) is 4. The number of nitrogens with one attached hydrogen (secondary N) is 2. The van der Waals surface area contributed by atoms with Gasteiger partial charge in [0.05, 0.1) is 5.69 Å². The van der Waals surface area contributed by atoms with Crippen LogP contribution in [0.5, 0.6) is 0 Å². The Balaban J connectivity index is 1.59. The highest BCUT2D eigenvalue weighted by Crippen LogP contribution is 2.25. The van der Waals surface area contributed by atoms with Gasteiger partial charge in [0.25, 0.3) is 0 Å². The summed E-state index contributed by atoms with van der Waals surface area (Å²) in [6, 6.07) is 19.2. The molecule has 0 amide bonds. The van der Waals surface area contributed by atoms with Crippen molar-refractivity contribution in [2.45, 2.75) is 38.3 Å². The number of hydrogen-bond donors (Lipinski definition) is 2. The highest BCUT2D eigenvalue weighted by molar-refractivity contribution is 5.64. The van der Waals surface area contributed by atoms with Gasteiger partial charge in [-0.1, -0.05) is 61.4 Å². The summed E-state index contributed by atoms with van der Waals surface area (Å²) in [5.41, 5.74) is 2.47. The molecule has 1 aliphatic carbocycles. The Morgan fingerprint density at radius 3 is 2.44 bits per heavy atom. The lowest BCUT2D eigenvalue weighted by Gasteiger charge is -2.15. The molecule has 1 aromatic heterocycles. The van der Waals surface area contributed by atoms with Crippen LogP contribution >= 0.6 is 0 Å². The third kappa shape index (κ3) is 4.42. The molecule has 27 heavy (non-hydrogen) atoms. The molecular formula is C22H23FN4. The SMILES string of the molecule is Fc1ccccc1CNc1nc(NC2CCCC2)cc(-c2ccccc2)n1. The van der Waals surface area contributed by atoms with Crippen LogP contribution in [-0.2, 0) is 6.54 Å². The summed E-state index contributed by atoms with van der Waals surface area (Å²) in [6.07, 6.45) is 4.85. The molecular weight excluding hydrogens is 339 g/mol. The molecule has 4 nitrogen and oxygen atoms in total. The van der Waals surface area contributed by atoms with Crippen molar-refractivity contribution in [1.29, 1.82) is 0 Å². The first-order valence-corrected chi connectivity index (χ1v) is 9.46. The van der Waals surface area contributed by atoms with E-state index in [-0.39, 0.29) is 5.82 Å². The number of halogens is 1. The second kappa shape index (κ2) is 8.16. The van der Waals surface area contributed by atoms with Gasteiger partial charge < -0.3 is 10.6 Å². The van der Waals surface area contributed by atoms with Crippen LogP contribution in [0.4, 0.5) is 16.2 Å². The topological polar surface area (TPSA) is 49.8 Å². The molecule has 0 saturated heterocycles. The van der Waals surface area contributed by atoms with Gasteiger partial charge in [0.2, 0.25) is 5.95 Å². The monoisotopic (exact) mass is 362 g/mol. The first kappa shape index (κ1) is 17.5. The summed E-state index contributed by atoms with van der Waals surface area (Å²) in [5, 5.41) is 6.71. The molecule has 0 bridgehead atoms. The van der Waals surface area contributed by atoms with Crippen molar-refractivity contribution in [1.82, 2.24) is 9.97 Å². The van der Waals surface area contributed by atoms with Crippen molar-refractivity contribution in [2.75, 3.05) is 10.6 Å². The minimum atomic E-state index is -0.228. The molecule has 138 valence electrons. The van der Waals surface area contributed by atoms with Crippen molar-refractivity contribution >= 4 is 11.8 Å². The van der Waals surface area contributed by atoms with Crippen LogP contribution in [0.2, 0.25) is 0 Å². The fourth-order valence-electron chi connectivity index (χ4n) is 3.45. The van der Waals surface area contributed by atoms with E-state index in [9.17, 15) is 4.39 Å². The molecule has 5 heteroatoms. The predicted octanol–water partition coefficient (Wildman–Crippen LogP) is 5.25. The van der Waals surface area contributed by atoms with Gasteiger partial charge in [-0.25, -0.2) is 9.37 Å². The predicted molar refractivity (Wildman–Crippen MR) is 107 cm³/mol. The third-order valence-electron chi connectivity index (χ3n) is 4.90. The molecule has 0 unspecified atom stereocenters. The van der Waals surface area contributed by atoms with Crippen LogP contribution in [0.1, 0.15) is 31.2 Å². The average Bonchev–Trinajstić information content (AvgIpc) is 3.21. The second-order valence-electron chi connectivity index (χ2n) is 6.90. The van der Waals surface area contributed by atoms with Gasteiger partial charge in [0.15, 0.2) is 0 Å². The minimum absolute atomic E-state index is 0.228. The fraction of sp³-hybridized carbons (Fsp3) is 0.273. The molecule has 2 N–H and O–H groups in total. The highest BCUT2D eigenvalue weighted by Gasteiger charge is 2.16.